The molecule has 4 N–H and O–H groups in total. The number of amides is 2. The molecule has 1 aromatic heterocycles. The zero-order chi connectivity index (χ0) is 19.1. The highest BCUT2D eigenvalue weighted by Crippen LogP contribution is 2.18. The van der Waals surface area contributed by atoms with Crippen LogP contribution in [0.5, 0.6) is 0 Å². The Morgan fingerprint density at radius 2 is 2.04 bits per heavy atom. The van der Waals surface area contributed by atoms with E-state index in [9.17, 15) is 14.7 Å². The summed E-state index contributed by atoms with van der Waals surface area (Å²) >= 11 is 0. The molecule has 1 heterocycles. The van der Waals surface area contributed by atoms with Crippen molar-refractivity contribution in [2.75, 3.05) is 6.54 Å². The number of terminal acetylenes is 1. The molecule has 2 amide bonds. The molecule has 136 valence electrons. The summed E-state index contributed by atoms with van der Waals surface area (Å²) in [5.74, 6) is 1.16. The van der Waals surface area contributed by atoms with E-state index in [1.165, 1.54) is 12.5 Å². The molecule has 0 unspecified atom stereocenters. The van der Waals surface area contributed by atoms with Gasteiger partial charge in [0.15, 0.2) is 0 Å². The van der Waals surface area contributed by atoms with E-state index in [1.54, 1.807) is 6.07 Å². The highest BCUT2D eigenvalue weighted by Gasteiger charge is 2.26. The summed E-state index contributed by atoms with van der Waals surface area (Å²) in [6.45, 7) is 3.50. The van der Waals surface area contributed by atoms with Crippen LogP contribution in [0.2, 0.25) is 0 Å². The molecule has 0 radical (unpaired) electrons. The number of H-pyrrole nitrogens is 1. The predicted octanol–water partition coefficient (Wildman–Crippen LogP) is 0.868. The van der Waals surface area contributed by atoms with E-state index < -0.39 is 24.0 Å². The third-order valence-corrected chi connectivity index (χ3v) is 3.90. The fourth-order valence-corrected chi connectivity index (χ4v) is 2.37. The van der Waals surface area contributed by atoms with Crippen LogP contribution in [0, 0.1) is 12.3 Å². The maximum Gasteiger partial charge on any atom is 0.270 e. The first-order valence-corrected chi connectivity index (χ1v) is 8.31. The average molecular weight is 354 g/mol. The maximum atomic E-state index is 12.4. The van der Waals surface area contributed by atoms with E-state index in [-0.39, 0.29) is 12.2 Å². The van der Waals surface area contributed by atoms with Crippen LogP contribution in [0.3, 0.4) is 0 Å². The lowest BCUT2D eigenvalue weighted by molar-refractivity contribution is -0.125. The number of nitrogens with zero attached hydrogens (tertiary/aromatic N) is 1. The summed E-state index contributed by atoms with van der Waals surface area (Å²) in [7, 11) is 0. The molecule has 0 saturated carbocycles. The molecule has 0 saturated heterocycles. The molecular weight excluding hydrogens is 332 g/mol. The Kier molecular flexibility index (Phi) is 6.53. The number of aryl methyl sites for hydroxylation is 1. The van der Waals surface area contributed by atoms with Crippen molar-refractivity contribution in [1.29, 1.82) is 0 Å². The summed E-state index contributed by atoms with van der Waals surface area (Å²) in [5.41, 5.74) is 2.88. The lowest BCUT2D eigenvalue weighted by atomic mass is 10.1. The van der Waals surface area contributed by atoms with Crippen molar-refractivity contribution < 1.29 is 14.7 Å². The monoisotopic (exact) mass is 354 g/mol. The maximum absolute atomic E-state index is 12.4. The van der Waals surface area contributed by atoms with Crippen molar-refractivity contribution in [3.63, 3.8) is 0 Å². The Bertz CT molecular complexity index is 803. The number of hydrogen-bond donors (Lipinski definition) is 4. The number of carbonyl (C=O) groups is 2. The first kappa shape index (κ1) is 19.2. The quantitative estimate of drug-likeness (QED) is 0.553. The molecule has 26 heavy (non-hydrogen) atoms. The summed E-state index contributed by atoms with van der Waals surface area (Å²) in [6.07, 6.45) is 4.95. The number of aromatic amines is 1. The number of aliphatic hydroxyl groups excluding tert-OH is 1. The Hall–Kier alpha value is -3.11. The van der Waals surface area contributed by atoms with Crippen LogP contribution >= 0.6 is 0 Å². The van der Waals surface area contributed by atoms with Gasteiger partial charge in [0.25, 0.3) is 5.91 Å². The fourth-order valence-electron chi connectivity index (χ4n) is 2.37. The second-order valence-corrected chi connectivity index (χ2v) is 5.83. The molecule has 7 heteroatoms. The highest BCUT2D eigenvalue weighted by atomic mass is 16.3. The molecule has 1 aromatic carbocycles. The number of aromatic nitrogens is 2. The van der Waals surface area contributed by atoms with Gasteiger partial charge in [0.1, 0.15) is 11.7 Å². The minimum atomic E-state index is -1.12. The van der Waals surface area contributed by atoms with E-state index >= 15 is 0 Å². The normalized spacial score (nSPS) is 12.7. The molecule has 0 spiro atoms. The minimum absolute atomic E-state index is 0.0138. The number of benzene rings is 1. The van der Waals surface area contributed by atoms with Gasteiger partial charge in [-0.1, -0.05) is 37.1 Å². The topological polar surface area (TPSA) is 107 Å². The van der Waals surface area contributed by atoms with Gasteiger partial charge in [-0.2, -0.15) is 5.10 Å². The molecular formula is C19H22N4O3. The van der Waals surface area contributed by atoms with Gasteiger partial charge in [0.05, 0.1) is 18.3 Å². The molecule has 0 bridgehead atoms. The largest absolute Gasteiger partial charge is 0.391 e. The van der Waals surface area contributed by atoms with Gasteiger partial charge < -0.3 is 15.7 Å². The number of rotatable bonds is 7. The lowest BCUT2D eigenvalue weighted by Gasteiger charge is -2.19. The van der Waals surface area contributed by atoms with E-state index in [1.807, 2.05) is 24.3 Å². The Balaban J connectivity index is 2.10. The van der Waals surface area contributed by atoms with Crippen molar-refractivity contribution in [1.82, 2.24) is 20.8 Å². The molecule has 0 aliphatic rings. The highest BCUT2D eigenvalue weighted by molar-refractivity contribution is 5.97. The van der Waals surface area contributed by atoms with Gasteiger partial charge in [-0.3, -0.25) is 14.7 Å². The second kappa shape index (κ2) is 8.83. The van der Waals surface area contributed by atoms with Gasteiger partial charge in [0.2, 0.25) is 5.91 Å². The lowest BCUT2D eigenvalue weighted by Crippen LogP contribution is -2.52. The zero-order valence-electron chi connectivity index (χ0n) is 14.7. The minimum Gasteiger partial charge on any atom is -0.391 e. The average Bonchev–Trinajstić information content (AvgIpc) is 3.14. The Morgan fingerprint density at radius 3 is 2.62 bits per heavy atom. The molecule has 2 aromatic rings. The first-order chi connectivity index (χ1) is 12.5. The molecule has 2 atom stereocenters. The van der Waals surface area contributed by atoms with Crippen molar-refractivity contribution in [3.8, 4) is 23.6 Å². The van der Waals surface area contributed by atoms with Crippen LogP contribution < -0.4 is 10.6 Å². The third kappa shape index (κ3) is 4.71. The summed E-state index contributed by atoms with van der Waals surface area (Å²) in [6, 6.07) is 8.35. The number of nitrogens with one attached hydrogen (secondary N) is 3. The number of aliphatic hydroxyl groups is 1. The molecule has 7 nitrogen and oxygen atoms in total. The van der Waals surface area contributed by atoms with Crippen LogP contribution in [0.1, 0.15) is 29.9 Å². The smallest absolute Gasteiger partial charge is 0.270 e. The molecule has 2 rings (SSSR count). The van der Waals surface area contributed by atoms with Crippen molar-refractivity contribution >= 4 is 11.8 Å². The van der Waals surface area contributed by atoms with Crippen LogP contribution in [-0.4, -0.2) is 45.8 Å². The van der Waals surface area contributed by atoms with Gasteiger partial charge in [0, 0.05) is 5.56 Å². The Labute approximate surface area is 152 Å². The standard InChI is InChI=1S/C19H22N4O3/c1-4-10-20-19(26)17(12(3)24)21-18(25)16-11-15(22-23-16)14-8-6-13(5-2)7-9-14/h1,6-9,11-12,17,24H,5,10H2,2-3H3,(H,20,26)(H,21,25)(H,22,23)/t12-,17+/m1/s1. The second-order valence-electron chi connectivity index (χ2n) is 5.83. The number of hydrogen-bond acceptors (Lipinski definition) is 4. The molecule has 0 aliphatic carbocycles. The number of carbonyl (C=O) groups excluding carboxylic acids is 2. The summed E-state index contributed by atoms with van der Waals surface area (Å²) in [5, 5.41) is 21.5. The molecule has 0 aliphatic heterocycles. The van der Waals surface area contributed by atoms with Gasteiger partial charge >= 0.3 is 0 Å². The van der Waals surface area contributed by atoms with E-state index in [4.69, 9.17) is 6.42 Å². The fraction of sp³-hybridized carbons (Fsp3) is 0.316. The van der Waals surface area contributed by atoms with Gasteiger partial charge in [-0.15, -0.1) is 6.42 Å². The van der Waals surface area contributed by atoms with Crippen molar-refractivity contribution in [3.05, 3.63) is 41.6 Å². The predicted molar refractivity (Wildman–Crippen MR) is 98.2 cm³/mol. The first-order valence-electron chi connectivity index (χ1n) is 8.31. The SMILES string of the molecule is C#CCNC(=O)[C@@H](NC(=O)c1cc(-c2ccc(CC)cc2)n[nH]1)[C@@H](C)O. The summed E-state index contributed by atoms with van der Waals surface area (Å²) in [4.78, 5) is 24.4. The van der Waals surface area contributed by atoms with E-state index in [0.717, 1.165) is 12.0 Å². The van der Waals surface area contributed by atoms with Crippen molar-refractivity contribution in [2.45, 2.75) is 32.4 Å². The third-order valence-electron chi connectivity index (χ3n) is 3.90. The van der Waals surface area contributed by atoms with E-state index in [0.29, 0.717) is 5.69 Å². The van der Waals surface area contributed by atoms with Crippen LogP contribution in [0.4, 0.5) is 0 Å². The van der Waals surface area contributed by atoms with Crippen LogP contribution in [0.15, 0.2) is 30.3 Å². The van der Waals surface area contributed by atoms with Gasteiger partial charge in [-0.05, 0) is 25.0 Å². The van der Waals surface area contributed by atoms with Gasteiger partial charge in [-0.25, -0.2) is 0 Å². The van der Waals surface area contributed by atoms with Crippen LogP contribution in [-0.2, 0) is 11.2 Å². The van der Waals surface area contributed by atoms with Crippen LogP contribution in [0.25, 0.3) is 11.3 Å². The zero-order valence-corrected chi connectivity index (χ0v) is 14.7. The summed E-state index contributed by atoms with van der Waals surface area (Å²) < 4.78 is 0. The van der Waals surface area contributed by atoms with E-state index in [2.05, 4.69) is 33.7 Å². The molecule has 0 fully saturated rings. The Morgan fingerprint density at radius 1 is 1.35 bits per heavy atom. The van der Waals surface area contributed by atoms with Crippen molar-refractivity contribution in [2.24, 2.45) is 0 Å².